The van der Waals surface area contributed by atoms with E-state index in [1.54, 1.807) is 7.11 Å². The molecule has 0 saturated heterocycles. The topological polar surface area (TPSA) is 34.6 Å². The zero-order valence-electron chi connectivity index (χ0n) is 23.5. The molecule has 0 amide bonds. The highest BCUT2D eigenvalue weighted by Crippen LogP contribution is 2.42. The molecular formula is C35H38N2O2. The molecule has 200 valence electrons. The van der Waals surface area contributed by atoms with E-state index in [0.717, 1.165) is 35.9 Å². The zero-order chi connectivity index (χ0) is 27.2. The van der Waals surface area contributed by atoms with Crippen LogP contribution in [0.4, 0.5) is 0 Å². The van der Waals surface area contributed by atoms with Gasteiger partial charge in [-0.05, 0) is 61.0 Å². The van der Waals surface area contributed by atoms with Crippen LogP contribution in [0.3, 0.4) is 0 Å². The highest BCUT2D eigenvalue weighted by atomic mass is 16.5. The van der Waals surface area contributed by atoms with Gasteiger partial charge in [-0.2, -0.15) is 0 Å². The van der Waals surface area contributed by atoms with Gasteiger partial charge in [-0.15, -0.1) is 0 Å². The van der Waals surface area contributed by atoms with Crippen LogP contribution < -0.4 is 4.74 Å². The summed E-state index contributed by atoms with van der Waals surface area (Å²) in [6, 6.07) is 34.2. The average molecular weight is 519 g/mol. The normalized spacial score (nSPS) is 13.2. The monoisotopic (exact) mass is 518 g/mol. The fourth-order valence-electron chi connectivity index (χ4n) is 5.76. The number of pyridine rings is 1. The summed E-state index contributed by atoms with van der Waals surface area (Å²) in [5, 5.41) is 3.62. The van der Waals surface area contributed by atoms with Crippen molar-refractivity contribution in [2.75, 3.05) is 34.4 Å². The third-order valence-electron chi connectivity index (χ3n) is 7.62. The van der Waals surface area contributed by atoms with Gasteiger partial charge in [0.2, 0.25) is 5.88 Å². The maximum Gasteiger partial charge on any atom is 0.217 e. The lowest BCUT2D eigenvalue weighted by molar-refractivity contribution is -0.0530. The summed E-state index contributed by atoms with van der Waals surface area (Å²) in [6.07, 6.45) is 2.30. The molecule has 0 N–H and O–H groups in total. The Morgan fingerprint density at radius 1 is 0.769 bits per heavy atom. The molecule has 0 aliphatic carbocycles. The lowest BCUT2D eigenvalue weighted by atomic mass is 9.79. The Balaban J connectivity index is 1.77. The van der Waals surface area contributed by atoms with Crippen molar-refractivity contribution in [3.63, 3.8) is 0 Å². The maximum atomic E-state index is 6.92. The number of hydrogen-bond acceptors (Lipinski definition) is 4. The van der Waals surface area contributed by atoms with E-state index in [-0.39, 0.29) is 0 Å². The molecule has 4 aromatic carbocycles. The first-order chi connectivity index (χ1) is 19.0. The Kier molecular flexibility index (Phi) is 8.25. The van der Waals surface area contributed by atoms with E-state index in [4.69, 9.17) is 14.5 Å². The van der Waals surface area contributed by atoms with E-state index in [1.807, 2.05) is 6.07 Å². The third kappa shape index (κ3) is 5.68. The molecule has 4 heteroatoms. The summed E-state index contributed by atoms with van der Waals surface area (Å²) >= 11 is 0. The molecular weight excluding hydrogens is 480 g/mol. The number of rotatable bonds is 11. The van der Waals surface area contributed by atoms with Gasteiger partial charge in [0, 0.05) is 36.9 Å². The molecule has 1 atom stereocenters. The zero-order valence-corrected chi connectivity index (χ0v) is 23.5. The molecule has 1 aromatic heterocycles. The van der Waals surface area contributed by atoms with Crippen molar-refractivity contribution in [3.05, 3.63) is 119 Å². The Bertz CT molecular complexity index is 1540. The molecule has 0 aliphatic rings. The minimum atomic E-state index is -0.541. The van der Waals surface area contributed by atoms with E-state index in [0.29, 0.717) is 18.9 Å². The van der Waals surface area contributed by atoms with Gasteiger partial charge >= 0.3 is 0 Å². The van der Waals surface area contributed by atoms with Gasteiger partial charge in [0.05, 0.1) is 18.2 Å². The van der Waals surface area contributed by atoms with Gasteiger partial charge in [-0.3, -0.25) is 0 Å². The van der Waals surface area contributed by atoms with Crippen LogP contribution in [0.1, 0.15) is 35.6 Å². The molecule has 0 aliphatic heterocycles. The SMILES string of the molecule is CCOC(CCN(C)C)(Cc1c(Cc2ccccc2)c(OC)nc2ccccc12)c1cccc2ccccc12. The predicted molar refractivity (Wildman–Crippen MR) is 162 cm³/mol. The van der Waals surface area contributed by atoms with Crippen molar-refractivity contribution in [2.24, 2.45) is 0 Å². The molecule has 5 aromatic rings. The van der Waals surface area contributed by atoms with Crippen LogP contribution in [0.25, 0.3) is 21.7 Å². The van der Waals surface area contributed by atoms with Gasteiger partial charge in [0.25, 0.3) is 0 Å². The second kappa shape index (κ2) is 12.0. The summed E-state index contributed by atoms with van der Waals surface area (Å²) in [5.41, 5.74) is 5.22. The molecule has 1 heterocycles. The smallest absolute Gasteiger partial charge is 0.217 e. The van der Waals surface area contributed by atoms with Crippen LogP contribution in [0.5, 0.6) is 5.88 Å². The number of hydrogen-bond donors (Lipinski definition) is 0. The second-order valence-corrected chi connectivity index (χ2v) is 10.4. The Hall–Kier alpha value is -3.73. The molecule has 0 radical (unpaired) electrons. The third-order valence-corrected chi connectivity index (χ3v) is 7.62. The number of para-hydroxylation sites is 1. The summed E-state index contributed by atoms with van der Waals surface area (Å²) in [6.45, 7) is 3.62. The molecule has 0 saturated carbocycles. The number of aromatic nitrogens is 1. The molecule has 4 nitrogen and oxygen atoms in total. The van der Waals surface area contributed by atoms with Crippen LogP contribution in [-0.2, 0) is 23.2 Å². The fourth-order valence-corrected chi connectivity index (χ4v) is 5.76. The van der Waals surface area contributed by atoms with E-state index in [9.17, 15) is 0 Å². The number of benzene rings is 4. The first-order valence-electron chi connectivity index (χ1n) is 13.8. The summed E-state index contributed by atoms with van der Waals surface area (Å²) < 4.78 is 12.9. The molecule has 0 spiro atoms. The van der Waals surface area contributed by atoms with Crippen molar-refractivity contribution in [1.82, 2.24) is 9.88 Å². The largest absolute Gasteiger partial charge is 0.481 e. The molecule has 39 heavy (non-hydrogen) atoms. The van der Waals surface area contributed by atoms with Crippen molar-refractivity contribution in [1.29, 1.82) is 0 Å². The standard InChI is InChI=1S/C35H38N2O2/c1-5-39-35(22-23-37(2)3,32-20-13-17-27-16-9-10-18-28(27)32)25-31-29-19-11-12-21-33(29)36-34(38-4)30(31)24-26-14-7-6-8-15-26/h6-21H,5,22-25H2,1-4H3. The van der Waals surface area contributed by atoms with E-state index >= 15 is 0 Å². The van der Waals surface area contributed by atoms with Gasteiger partial charge in [0.1, 0.15) is 0 Å². The minimum absolute atomic E-state index is 0.541. The number of ether oxygens (including phenoxy) is 2. The number of fused-ring (bicyclic) bond motifs is 2. The minimum Gasteiger partial charge on any atom is -0.481 e. The Morgan fingerprint density at radius 2 is 1.46 bits per heavy atom. The number of methoxy groups -OCH3 is 1. The van der Waals surface area contributed by atoms with Crippen LogP contribution in [0.2, 0.25) is 0 Å². The van der Waals surface area contributed by atoms with Crippen LogP contribution in [0, 0.1) is 0 Å². The van der Waals surface area contributed by atoms with Gasteiger partial charge in [-0.1, -0.05) is 91.0 Å². The quantitative estimate of drug-likeness (QED) is 0.182. The molecule has 1 unspecified atom stereocenters. The van der Waals surface area contributed by atoms with Crippen LogP contribution in [-0.4, -0.2) is 44.2 Å². The van der Waals surface area contributed by atoms with Crippen molar-refractivity contribution in [3.8, 4) is 5.88 Å². The van der Waals surface area contributed by atoms with E-state index in [2.05, 4.69) is 117 Å². The molecule has 0 fully saturated rings. The van der Waals surface area contributed by atoms with Gasteiger partial charge in [-0.25, -0.2) is 4.98 Å². The highest BCUT2D eigenvalue weighted by Gasteiger charge is 2.36. The Labute approximate surface area is 232 Å². The maximum absolute atomic E-state index is 6.92. The van der Waals surface area contributed by atoms with E-state index in [1.165, 1.54) is 27.5 Å². The Morgan fingerprint density at radius 3 is 2.21 bits per heavy atom. The van der Waals surface area contributed by atoms with Crippen LogP contribution in [0.15, 0.2) is 97.1 Å². The fraction of sp³-hybridized carbons (Fsp3) is 0.286. The van der Waals surface area contributed by atoms with Crippen molar-refractivity contribution in [2.45, 2.75) is 31.8 Å². The molecule has 0 bridgehead atoms. The van der Waals surface area contributed by atoms with Gasteiger partial charge in [0.15, 0.2) is 0 Å². The predicted octanol–water partition coefficient (Wildman–Crippen LogP) is 7.41. The summed E-state index contributed by atoms with van der Waals surface area (Å²) in [7, 11) is 5.99. The van der Waals surface area contributed by atoms with Crippen molar-refractivity contribution >= 4 is 21.7 Å². The van der Waals surface area contributed by atoms with Gasteiger partial charge < -0.3 is 14.4 Å². The molecule has 5 rings (SSSR count). The lowest BCUT2D eigenvalue weighted by Gasteiger charge is -2.37. The first-order valence-corrected chi connectivity index (χ1v) is 13.8. The summed E-state index contributed by atoms with van der Waals surface area (Å²) in [4.78, 5) is 7.20. The summed E-state index contributed by atoms with van der Waals surface area (Å²) in [5.74, 6) is 0.684. The lowest BCUT2D eigenvalue weighted by Crippen LogP contribution is -2.37. The second-order valence-electron chi connectivity index (χ2n) is 10.4. The number of nitrogens with zero attached hydrogens (tertiary/aromatic N) is 2. The van der Waals surface area contributed by atoms with Crippen LogP contribution >= 0.6 is 0 Å². The van der Waals surface area contributed by atoms with Crippen molar-refractivity contribution < 1.29 is 9.47 Å². The average Bonchev–Trinajstić information content (AvgIpc) is 2.97. The first kappa shape index (κ1) is 26.9. The highest BCUT2D eigenvalue weighted by molar-refractivity contribution is 5.87. The van der Waals surface area contributed by atoms with E-state index < -0.39 is 5.60 Å².